The van der Waals surface area contributed by atoms with E-state index in [1.54, 1.807) is 6.07 Å². The van der Waals surface area contributed by atoms with Gasteiger partial charge in [-0.1, -0.05) is 15.9 Å². The number of hydrogen-bond donors (Lipinski definition) is 2. The highest BCUT2D eigenvalue weighted by atomic mass is 79.9. The van der Waals surface area contributed by atoms with Crippen LogP contribution in [-0.2, 0) is 0 Å². The number of nitrogens with two attached hydrogens (primary N) is 1. The van der Waals surface area contributed by atoms with E-state index in [0.717, 1.165) is 0 Å². The van der Waals surface area contributed by atoms with Crippen molar-refractivity contribution in [1.82, 2.24) is 0 Å². The first-order valence-electron chi connectivity index (χ1n) is 3.99. The first kappa shape index (κ1) is 11.4. The molecule has 0 saturated heterocycles. The molecule has 0 saturated carbocycles. The van der Waals surface area contributed by atoms with Gasteiger partial charge in [0, 0.05) is 10.0 Å². The van der Waals surface area contributed by atoms with Crippen LogP contribution in [0.1, 0.15) is 11.6 Å². The molecule has 0 spiro atoms. The quantitative estimate of drug-likeness (QED) is 0.871. The lowest BCUT2D eigenvalue weighted by Gasteiger charge is -2.14. The molecule has 1 aromatic carbocycles. The third kappa shape index (κ3) is 2.23. The fourth-order valence-corrected chi connectivity index (χ4v) is 1.59. The van der Waals surface area contributed by atoms with Crippen LogP contribution < -0.4 is 10.5 Å². The molecule has 14 heavy (non-hydrogen) atoms. The van der Waals surface area contributed by atoms with Gasteiger partial charge in [-0.3, -0.25) is 0 Å². The van der Waals surface area contributed by atoms with Crippen molar-refractivity contribution in [3.05, 3.63) is 28.0 Å². The molecular formula is C9H11BrFNO2. The van der Waals surface area contributed by atoms with Crippen LogP contribution in [0.25, 0.3) is 0 Å². The molecule has 0 aliphatic carbocycles. The van der Waals surface area contributed by atoms with Crippen molar-refractivity contribution in [3.8, 4) is 5.75 Å². The largest absolute Gasteiger partial charge is 0.496 e. The van der Waals surface area contributed by atoms with Gasteiger partial charge >= 0.3 is 0 Å². The highest BCUT2D eigenvalue weighted by Crippen LogP contribution is 2.30. The SMILES string of the molecule is COc1cc(Br)cc(F)c1C(N)CO. The Morgan fingerprint density at radius 3 is 2.79 bits per heavy atom. The molecule has 1 aromatic rings. The summed E-state index contributed by atoms with van der Waals surface area (Å²) in [6, 6.07) is 2.12. The van der Waals surface area contributed by atoms with E-state index >= 15 is 0 Å². The van der Waals surface area contributed by atoms with Crippen LogP contribution >= 0.6 is 15.9 Å². The number of hydrogen-bond acceptors (Lipinski definition) is 3. The van der Waals surface area contributed by atoms with Gasteiger partial charge in [0.05, 0.1) is 19.8 Å². The van der Waals surface area contributed by atoms with E-state index in [4.69, 9.17) is 15.6 Å². The number of rotatable bonds is 3. The van der Waals surface area contributed by atoms with E-state index in [1.807, 2.05) is 0 Å². The second kappa shape index (κ2) is 4.72. The minimum atomic E-state index is -0.766. The monoisotopic (exact) mass is 263 g/mol. The Hall–Kier alpha value is -0.650. The topological polar surface area (TPSA) is 55.5 Å². The molecule has 0 aromatic heterocycles. The van der Waals surface area contributed by atoms with E-state index in [2.05, 4.69) is 15.9 Å². The van der Waals surface area contributed by atoms with Crippen LogP contribution in [0, 0.1) is 5.82 Å². The Morgan fingerprint density at radius 1 is 1.64 bits per heavy atom. The minimum absolute atomic E-state index is 0.193. The second-order valence-electron chi connectivity index (χ2n) is 2.79. The van der Waals surface area contributed by atoms with Crippen molar-refractivity contribution in [3.63, 3.8) is 0 Å². The van der Waals surface area contributed by atoms with E-state index in [-0.39, 0.29) is 12.2 Å². The van der Waals surface area contributed by atoms with Gasteiger partial charge in [-0.2, -0.15) is 0 Å². The van der Waals surface area contributed by atoms with Crippen LogP contribution in [0.15, 0.2) is 16.6 Å². The van der Waals surface area contributed by atoms with E-state index in [1.165, 1.54) is 13.2 Å². The number of aliphatic hydroxyl groups excluding tert-OH is 1. The van der Waals surface area contributed by atoms with Crippen molar-refractivity contribution in [2.24, 2.45) is 5.73 Å². The zero-order chi connectivity index (χ0) is 10.7. The second-order valence-corrected chi connectivity index (χ2v) is 3.71. The van der Waals surface area contributed by atoms with Crippen LogP contribution in [0.2, 0.25) is 0 Å². The summed E-state index contributed by atoms with van der Waals surface area (Å²) in [5.74, 6) is -0.156. The maximum atomic E-state index is 13.4. The zero-order valence-corrected chi connectivity index (χ0v) is 9.21. The Morgan fingerprint density at radius 2 is 2.29 bits per heavy atom. The van der Waals surface area contributed by atoms with Crippen molar-refractivity contribution >= 4 is 15.9 Å². The fourth-order valence-electron chi connectivity index (χ4n) is 1.18. The van der Waals surface area contributed by atoms with Crippen molar-refractivity contribution in [1.29, 1.82) is 0 Å². The molecule has 5 heteroatoms. The lowest BCUT2D eigenvalue weighted by molar-refractivity contribution is 0.261. The first-order chi connectivity index (χ1) is 6.60. The third-order valence-electron chi connectivity index (χ3n) is 1.84. The molecule has 78 valence electrons. The average molecular weight is 264 g/mol. The Balaban J connectivity index is 3.24. The number of halogens is 2. The van der Waals surface area contributed by atoms with Crippen molar-refractivity contribution in [2.45, 2.75) is 6.04 Å². The highest BCUT2D eigenvalue weighted by molar-refractivity contribution is 9.10. The molecular weight excluding hydrogens is 253 g/mol. The maximum absolute atomic E-state index is 13.4. The molecule has 0 fully saturated rings. The lowest BCUT2D eigenvalue weighted by Crippen LogP contribution is -2.17. The summed E-state index contributed by atoms with van der Waals surface area (Å²) < 4.78 is 19.0. The van der Waals surface area contributed by atoms with E-state index in [9.17, 15) is 4.39 Å². The number of ether oxygens (including phenoxy) is 1. The number of benzene rings is 1. The maximum Gasteiger partial charge on any atom is 0.132 e. The van der Waals surface area contributed by atoms with Crippen LogP contribution in [0.4, 0.5) is 4.39 Å². The first-order valence-corrected chi connectivity index (χ1v) is 4.78. The molecule has 0 aliphatic rings. The van der Waals surface area contributed by atoms with Gasteiger partial charge in [-0.25, -0.2) is 4.39 Å². The molecule has 0 amide bonds. The summed E-state index contributed by atoms with van der Waals surface area (Å²) in [4.78, 5) is 0. The lowest BCUT2D eigenvalue weighted by atomic mass is 10.1. The molecule has 3 nitrogen and oxygen atoms in total. The number of methoxy groups -OCH3 is 1. The van der Waals surface area contributed by atoms with Gasteiger partial charge in [0.25, 0.3) is 0 Å². The molecule has 0 bridgehead atoms. The Bertz CT molecular complexity index is 333. The van der Waals surface area contributed by atoms with Gasteiger partial charge in [0.2, 0.25) is 0 Å². The van der Waals surface area contributed by atoms with Gasteiger partial charge in [-0.05, 0) is 12.1 Å². The summed E-state index contributed by atoms with van der Waals surface area (Å²) in [6.07, 6.45) is 0. The number of aliphatic hydroxyl groups is 1. The van der Waals surface area contributed by atoms with Crippen LogP contribution in [0.5, 0.6) is 5.75 Å². The summed E-state index contributed by atoms with van der Waals surface area (Å²) >= 11 is 3.14. The average Bonchev–Trinajstić information content (AvgIpc) is 2.15. The predicted octanol–water partition coefficient (Wildman–Crippen LogP) is 1.59. The standard InChI is InChI=1S/C9H11BrFNO2/c1-14-8-3-5(10)2-6(11)9(8)7(12)4-13/h2-3,7,13H,4,12H2,1H3. The van der Waals surface area contributed by atoms with Gasteiger partial charge in [0.1, 0.15) is 11.6 Å². The van der Waals surface area contributed by atoms with E-state index < -0.39 is 11.9 Å². The summed E-state index contributed by atoms with van der Waals surface area (Å²) in [6.45, 7) is -0.324. The van der Waals surface area contributed by atoms with Gasteiger partial charge in [0.15, 0.2) is 0 Å². The fraction of sp³-hybridized carbons (Fsp3) is 0.333. The summed E-state index contributed by atoms with van der Waals surface area (Å²) in [5.41, 5.74) is 5.73. The van der Waals surface area contributed by atoms with Crippen molar-refractivity contribution < 1.29 is 14.2 Å². The molecule has 0 heterocycles. The highest BCUT2D eigenvalue weighted by Gasteiger charge is 2.17. The Kier molecular flexibility index (Phi) is 3.86. The Labute approximate surface area is 89.8 Å². The molecule has 0 radical (unpaired) electrons. The molecule has 0 aliphatic heterocycles. The predicted molar refractivity (Wildman–Crippen MR) is 54.7 cm³/mol. The summed E-state index contributed by atoms with van der Waals surface area (Å²) in [7, 11) is 1.43. The normalized spacial score (nSPS) is 12.6. The third-order valence-corrected chi connectivity index (χ3v) is 2.30. The molecule has 1 atom stereocenters. The van der Waals surface area contributed by atoms with Crippen LogP contribution in [0.3, 0.4) is 0 Å². The van der Waals surface area contributed by atoms with Gasteiger partial charge < -0.3 is 15.6 Å². The minimum Gasteiger partial charge on any atom is -0.496 e. The smallest absolute Gasteiger partial charge is 0.132 e. The molecule has 1 unspecified atom stereocenters. The van der Waals surface area contributed by atoms with E-state index in [0.29, 0.717) is 10.2 Å². The zero-order valence-electron chi connectivity index (χ0n) is 7.63. The molecule has 1 rings (SSSR count). The van der Waals surface area contributed by atoms with Gasteiger partial charge in [-0.15, -0.1) is 0 Å². The molecule has 3 N–H and O–H groups in total. The van der Waals surface area contributed by atoms with Crippen LogP contribution in [-0.4, -0.2) is 18.8 Å². The summed E-state index contributed by atoms with van der Waals surface area (Å²) in [5, 5.41) is 8.84. The van der Waals surface area contributed by atoms with Crippen molar-refractivity contribution in [2.75, 3.05) is 13.7 Å².